The molecule has 0 spiro atoms. The lowest BCUT2D eigenvalue weighted by molar-refractivity contribution is -0.114. The summed E-state index contributed by atoms with van der Waals surface area (Å²) < 4.78 is 0. The van der Waals surface area contributed by atoms with Crippen molar-refractivity contribution in [3.8, 4) is 11.8 Å². The fourth-order valence-corrected chi connectivity index (χ4v) is 7.48. The molecule has 0 bridgehead atoms. The van der Waals surface area contributed by atoms with Crippen molar-refractivity contribution < 1.29 is 14.7 Å². The smallest absolute Gasteiger partial charge is 0.162 e. The zero-order valence-corrected chi connectivity index (χ0v) is 20.0. The number of benzene rings is 1. The quantitative estimate of drug-likeness (QED) is 0.466. The third kappa shape index (κ3) is 3.38. The molecule has 5 rings (SSSR count). The van der Waals surface area contributed by atoms with E-state index in [4.69, 9.17) is 0 Å². The first-order valence-electron chi connectivity index (χ1n) is 12.6. The van der Waals surface area contributed by atoms with E-state index in [0.29, 0.717) is 24.7 Å². The highest BCUT2D eigenvalue weighted by Crippen LogP contribution is 2.66. The predicted octanol–water partition coefficient (Wildman–Crippen LogP) is 5.93. The van der Waals surface area contributed by atoms with Gasteiger partial charge in [0, 0.05) is 29.7 Å². The number of aliphatic hydroxyl groups is 1. The Kier molecular flexibility index (Phi) is 5.49. The molecule has 0 aliphatic heterocycles. The van der Waals surface area contributed by atoms with Crippen molar-refractivity contribution in [1.29, 1.82) is 0 Å². The normalized spacial score (nSPS) is 35.1. The van der Waals surface area contributed by atoms with Gasteiger partial charge in [-0.15, -0.1) is 5.92 Å². The van der Waals surface area contributed by atoms with Crippen LogP contribution in [0.15, 0.2) is 47.1 Å². The van der Waals surface area contributed by atoms with Crippen molar-refractivity contribution in [2.45, 2.75) is 83.7 Å². The van der Waals surface area contributed by atoms with Gasteiger partial charge in [0.25, 0.3) is 0 Å². The second-order valence-corrected chi connectivity index (χ2v) is 10.7. The van der Waals surface area contributed by atoms with Crippen LogP contribution in [0.4, 0.5) is 0 Å². The van der Waals surface area contributed by atoms with Gasteiger partial charge < -0.3 is 5.11 Å². The van der Waals surface area contributed by atoms with Gasteiger partial charge in [0.1, 0.15) is 5.60 Å². The van der Waals surface area contributed by atoms with Crippen LogP contribution in [-0.2, 0) is 4.79 Å². The summed E-state index contributed by atoms with van der Waals surface area (Å²) in [4.78, 5) is 24.4. The first kappa shape index (κ1) is 22.4. The molecule has 5 atom stereocenters. The van der Waals surface area contributed by atoms with Crippen molar-refractivity contribution in [3.63, 3.8) is 0 Å². The van der Waals surface area contributed by atoms with E-state index in [1.165, 1.54) is 22.3 Å². The number of hydrogen-bond donors (Lipinski definition) is 1. The third-order valence-electron chi connectivity index (χ3n) is 9.17. The van der Waals surface area contributed by atoms with Crippen molar-refractivity contribution in [3.05, 3.63) is 58.2 Å². The Morgan fingerprint density at radius 3 is 2.61 bits per heavy atom. The van der Waals surface area contributed by atoms with Gasteiger partial charge in [0.2, 0.25) is 0 Å². The Bertz CT molecular complexity index is 1130. The maximum atomic E-state index is 12.2. The maximum Gasteiger partial charge on any atom is 0.162 e. The molecule has 33 heavy (non-hydrogen) atoms. The highest BCUT2D eigenvalue weighted by Gasteiger charge is 2.62. The van der Waals surface area contributed by atoms with E-state index in [1.54, 1.807) is 0 Å². The first-order chi connectivity index (χ1) is 15.8. The molecule has 1 N–H and O–H groups in total. The molecule has 3 heteroatoms. The van der Waals surface area contributed by atoms with E-state index in [0.717, 1.165) is 44.1 Å². The van der Waals surface area contributed by atoms with E-state index >= 15 is 0 Å². The van der Waals surface area contributed by atoms with Gasteiger partial charge in [-0.05, 0) is 80.1 Å². The summed E-state index contributed by atoms with van der Waals surface area (Å²) >= 11 is 0. The minimum atomic E-state index is -0.961. The Morgan fingerprint density at radius 2 is 1.91 bits per heavy atom. The lowest BCUT2D eigenvalue weighted by Gasteiger charge is -2.53. The van der Waals surface area contributed by atoms with E-state index < -0.39 is 5.60 Å². The Labute approximate surface area is 197 Å². The van der Waals surface area contributed by atoms with E-state index in [2.05, 4.69) is 30.9 Å². The molecule has 2 saturated carbocycles. The molecule has 4 aliphatic carbocycles. The molecule has 1 aromatic carbocycles. The summed E-state index contributed by atoms with van der Waals surface area (Å²) in [7, 11) is 0. The fourth-order valence-electron chi connectivity index (χ4n) is 7.48. The maximum absolute atomic E-state index is 12.2. The van der Waals surface area contributed by atoms with Crippen LogP contribution < -0.4 is 0 Å². The average molecular weight is 443 g/mol. The molecule has 0 amide bonds. The number of hydrogen-bond acceptors (Lipinski definition) is 3. The average Bonchev–Trinajstić information content (AvgIpc) is 3.08. The summed E-state index contributed by atoms with van der Waals surface area (Å²) in [5.41, 5.74) is 4.89. The second kappa shape index (κ2) is 8.10. The highest BCUT2D eigenvalue weighted by atomic mass is 16.3. The summed E-state index contributed by atoms with van der Waals surface area (Å²) in [6.07, 6.45) is 8.40. The van der Waals surface area contributed by atoms with Crippen LogP contribution in [-0.4, -0.2) is 22.3 Å². The number of carbonyl (C=O) groups excluding carboxylic acids is 2. The van der Waals surface area contributed by atoms with Crippen molar-refractivity contribution >= 4 is 11.6 Å². The lowest BCUT2D eigenvalue weighted by atomic mass is 9.51. The zero-order chi connectivity index (χ0) is 23.4. The summed E-state index contributed by atoms with van der Waals surface area (Å²) in [6.45, 7) is 5.97. The van der Waals surface area contributed by atoms with Crippen LogP contribution in [0.2, 0.25) is 0 Å². The Morgan fingerprint density at radius 1 is 1.15 bits per heavy atom. The summed E-state index contributed by atoms with van der Waals surface area (Å²) in [5, 5.41) is 11.7. The molecule has 0 radical (unpaired) electrons. The zero-order valence-electron chi connectivity index (χ0n) is 20.0. The van der Waals surface area contributed by atoms with Crippen LogP contribution in [0.3, 0.4) is 0 Å². The Hall–Kier alpha value is -2.44. The minimum Gasteiger partial charge on any atom is -0.377 e. The van der Waals surface area contributed by atoms with Crippen LogP contribution in [0.25, 0.3) is 0 Å². The van der Waals surface area contributed by atoms with Gasteiger partial charge in [-0.25, -0.2) is 0 Å². The standard InChI is InChI=1S/C30H34O3/c1-4-15-30(33)16-14-26-24-12-10-21-17-22(31)11-13-23(21)28(24)25(18-29(26,30)3)19-6-8-20(9-7-19)27(32)5-2/h6-9,17,24-26,33H,5,10-14,16,18H2,1-3H3/t24-,25+,26-,29-,30-/m0/s1. The SMILES string of the molecule is CC#C[C@]1(O)CC[C@H]2[C@@H]3CCC4=CC(=O)CCC4=C3[C@@H](c3ccc(C(=O)CC)cc3)C[C@@]21C. The van der Waals surface area contributed by atoms with Crippen molar-refractivity contribution in [1.82, 2.24) is 0 Å². The highest BCUT2D eigenvalue weighted by molar-refractivity contribution is 5.96. The number of Topliss-reactive ketones (excluding diaryl/α,β-unsaturated/α-hetero) is 1. The number of fused-ring (bicyclic) bond motifs is 4. The van der Waals surface area contributed by atoms with E-state index in [9.17, 15) is 14.7 Å². The lowest BCUT2D eigenvalue weighted by Crippen LogP contribution is -2.51. The predicted molar refractivity (Wildman–Crippen MR) is 130 cm³/mol. The van der Waals surface area contributed by atoms with Gasteiger partial charge in [0.05, 0.1) is 0 Å². The molecule has 0 aromatic heterocycles. The summed E-state index contributed by atoms with van der Waals surface area (Å²) in [5.74, 6) is 7.64. The van der Waals surface area contributed by atoms with Crippen LogP contribution in [0.1, 0.15) is 94.0 Å². The largest absolute Gasteiger partial charge is 0.377 e. The molecule has 1 aromatic rings. The minimum absolute atomic E-state index is 0.161. The summed E-state index contributed by atoms with van der Waals surface area (Å²) in [6, 6.07) is 8.17. The number of rotatable bonds is 3. The van der Waals surface area contributed by atoms with Crippen LogP contribution in [0, 0.1) is 29.1 Å². The van der Waals surface area contributed by atoms with Gasteiger partial charge in [-0.3, -0.25) is 9.59 Å². The third-order valence-corrected chi connectivity index (χ3v) is 9.17. The molecule has 0 saturated heterocycles. The van der Waals surface area contributed by atoms with Gasteiger partial charge in [0.15, 0.2) is 11.6 Å². The molecule has 4 aliphatic rings. The van der Waals surface area contributed by atoms with Gasteiger partial charge >= 0.3 is 0 Å². The van der Waals surface area contributed by atoms with E-state index in [-0.39, 0.29) is 22.9 Å². The molecular formula is C30H34O3. The monoisotopic (exact) mass is 442 g/mol. The topological polar surface area (TPSA) is 54.4 Å². The van der Waals surface area contributed by atoms with Gasteiger partial charge in [-0.1, -0.05) is 49.6 Å². The molecule has 3 nitrogen and oxygen atoms in total. The molecule has 172 valence electrons. The van der Waals surface area contributed by atoms with Crippen molar-refractivity contribution in [2.24, 2.45) is 17.3 Å². The Balaban J connectivity index is 1.66. The molecular weight excluding hydrogens is 408 g/mol. The first-order valence-corrected chi connectivity index (χ1v) is 12.6. The fraction of sp³-hybridized carbons (Fsp3) is 0.533. The van der Waals surface area contributed by atoms with Crippen LogP contribution in [0.5, 0.6) is 0 Å². The number of ketones is 2. The van der Waals surface area contributed by atoms with Gasteiger partial charge in [-0.2, -0.15) is 0 Å². The van der Waals surface area contributed by atoms with E-state index in [1.807, 2.05) is 32.1 Å². The number of allylic oxidation sites excluding steroid dienone is 4. The molecule has 0 heterocycles. The second-order valence-electron chi connectivity index (χ2n) is 10.7. The molecule has 2 fully saturated rings. The number of carbonyl (C=O) groups is 2. The molecule has 0 unspecified atom stereocenters. The van der Waals surface area contributed by atoms with Crippen LogP contribution >= 0.6 is 0 Å². The van der Waals surface area contributed by atoms with Crippen molar-refractivity contribution in [2.75, 3.05) is 0 Å².